The van der Waals surface area contributed by atoms with Crippen LogP contribution in [0.3, 0.4) is 0 Å². The maximum absolute atomic E-state index is 12.1. The molecule has 2 aromatic carbocycles. The fourth-order valence-electron chi connectivity index (χ4n) is 2.18. The van der Waals surface area contributed by atoms with Gasteiger partial charge < -0.3 is 20.1 Å². The van der Waals surface area contributed by atoms with Gasteiger partial charge in [0.1, 0.15) is 12.4 Å². The minimum absolute atomic E-state index is 0.127. The van der Waals surface area contributed by atoms with Crippen molar-refractivity contribution in [2.75, 3.05) is 37.0 Å². The maximum Gasteiger partial charge on any atom is 0.243 e. The van der Waals surface area contributed by atoms with Crippen molar-refractivity contribution in [1.29, 1.82) is 0 Å². The summed E-state index contributed by atoms with van der Waals surface area (Å²) in [6, 6.07) is 15.3. The van der Waals surface area contributed by atoms with E-state index in [1.807, 2.05) is 62.4 Å². The first kappa shape index (κ1) is 17.8. The molecule has 0 aliphatic heterocycles. The number of nitrogens with one attached hydrogen (secondary N) is 2. The van der Waals surface area contributed by atoms with Crippen LogP contribution in [0.25, 0.3) is 0 Å². The summed E-state index contributed by atoms with van der Waals surface area (Å²) in [7, 11) is 0. The van der Waals surface area contributed by atoms with Crippen molar-refractivity contribution in [2.45, 2.75) is 13.8 Å². The quantitative estimate of drug-likeness (QED) is 0.692. The third-order valence-electron chi connectivity index (χ3n) is 3.32. The lowest BCUT2D eigenvalue weighted by atomic mass is 10.2. The van der Waals surface area contributed by atoms with E-state index in [0.717, 1.165) is 11.3 Å². The largest absolute Gasteiger partial charge is 0.489 e. The number of hydrogen-bond donors (Lipinski definition) is 2. The molecule has 0 radical (unpaired) electrons. The van der Waals surface area contributed by atoms with Crippen LogP contribution in [0.5, 0.6) is 5.75 Å². The van der Waals surface area contributed by atoms with Crippen molar-refractivity contribution in [2.24, 2.45) is 0 Å². The lowest BCUT2D eigenvalue weighted by Gasteiger charge is -2.13. The first-order valence-electron chi connectivity index (χ1n) is 8.09. The minimum Gasteiger partial charge on any atom is -0.489 e. The lowest BCUT2D eigenvalue weighted by molar-refractivity contribution is -0.114. The number of aryl methyl sites for hydroxylation is 1. The van der Waals surface area contributed by atoms with Crippen molar-refractivity contribution in [3.63, 3.8) is 0 Å². The Balaban J connectivity index is 1.86. The van der Waals surface area contributed by atoms with Gasteiger partial charge in [-0.25, -0.2) is 0 Å². The van der Waals surface area contributed by atoms with Crippen molar-refractivity contribution in [1.82, 2.24) is 0 Å². The molecule has 0 aliphatic carbocycles. The number of carbonyl (C=O) groups is 1. The molecule has 24 heavy (non-hydrogen) atoms. The van der Waals surface area contributed by atoms with E-state index in [9.17, 15) is 4.79 Å². The zero-order chi connectivity index (χ0) is 17.2. The molecule has 0 aliphatic rings. The fraction of sp³-hybridized carbons (Fsp3) is 0.316. The summed E-state index contributed by atoms with van der Waals surface area (Å²) in [6.45, 7) is 5.77. The number of benzene rings is 2. The Morgan fingerprint density at radius 2 is 1.92 bits per heavy atom. The van der Waals surface area contributed by atoms with Crippen molar-refractivity contribution in [3.05, 3.63) is 54.1 Å². The molecule has 2 N–H and O–H groups in total. The smallest absolute Gasteiger partial charge is 0.243 e. The van der Waals surface area contributed by atoms with E-state index < -0.39 is 0 Å². The molecule has 0 saturated carbocycles. The van der Waals surface area contributed by atoms with E-state index >= 15 is 0 Å². The molecule has 128 valence electrons. The Morgan fingerprint density at radius 1 is 1.08 bits per heavy atom. The highest BCUT2D eigenvalue weighted by molar-refractivity contribution is 5.95. The van der Waals surface area contributed by atoms with Crippen molar-refractivity contribution < 1.29 is 14.3 Å². The number of para-hydroxylation sites is 2. The summed E-state index contributed by atoms with van der Waals surface area (Å²) in [5.41, 5.74) is 2.73. The van der Waals surface area contributed by atoms with Crippen LogP contribution in [-0.2, 0) is 9.53 Å². The van der Waals surface area contributed by atoms with Crippen LogP contribution in [-0.4, -0.2) is 32.3 Å². The molecule has 0 aromatic heterocycles. The zero-order valence-corrected chi connectivity index (χ0v) is 14.2. The molecular weight excluding hydrogens is 304 g/mol. The van der Waals surface area contributed by atoms with E-state index in [2.05, 4.69) is 10.6 Å². The molecule has 0 unspecified atom stereocenters. The van der Waals surface area contributed by atoms with E-state index in [1.165, 1.54) is 0 Å². The molecule has 0 heterocycles. The summed E-state index contributed by atoms with van der Waals surface area (Å²) < 4.78 is 10.9. The van der Waals surface area contributed by atoms with Gasteiger partial charge in [-0.3, -0.25) is 4.79 Å². The predicted octanol–water partition coefficient (Wildman–Crippen LogP) is 3.46. The molecule has 0 spiro atoms. The van der Waals surface area contributed by atoms with Crippen LogP contribution in [0.1, 0.15) is 12.5 Å². The number of amides is 1. The molecule has 0 fully saturated rings. The highest BCUT2D eigenvalue weighted by Gasteiger charge is 2.07. The third kappa shape index (κ3) is 5.93. The summed E-state index contributed by atoms with van der Waals surface area (Å²) in [6.07, 6.45) is 0. The highest BCUT2D eigenvalue weighted by Crippen LogP contribution is 2.23. The summed E-state index contributed by atoms with van der Waals surface area (Å²) >= 11 is 0. The topological polar surface area (TPSA) is 59.6 Å². The normalized spacial score (nSPS) is 10.2. The van der Waals surface area contributed by atoms with Gasteiger partial charge in [-0.15, -0.1) is 0 Å². The number of carbonyl (C=O) groups excluding carboxylic acids is 1. The second-order valence-electron chi connectivity index (χ2n) is 5.31. The molecule has 1 amide bonds. The monoisotopic (exact) mass is 328 g/mol. The van der Waals surface area contributed by atoms with Gasteiger partial charge in [-0.05, 0) is 43.7 Å². The van der Waals surface area contributed by atoms with Gasteiger partial charge in [-0.2, -0.15) is 0 Å². The van der Waals surface area contributed by atoms with Gasteiger partial charge in [0.05, 0.1) is 18.8 Å². The second kappa shape index (κ2) is 9.57. The van der Waals surface area contributed by atoms with Gasteiger partial charge in [0.2, 0.25) is 5.91 Å². The number of hydrogen-bond acceptors (Lipinski definition) is 4. The number of anilines is 2. The molecule has 2 aromatic rings. The molecule has 2 rings (SSSR count). The molecule has 0 atom stereocenters. The van der Waals surface area contributed by atoms with Crippen LogP contribution >= 0.6 is 0 Å². The van der Waals surface area contributed by atoms with Gasteiger partial charge in [0.15, 0.2) is 0 Å². The Morgan fingerprint density at radius 3 is 2.71 bits per heavy atom. The van der Waals surface area contributed by atoms with E-state index in [0.29, 0.717) is 31.3 Å². The van der Waals surface area contributed by atoms with Gasteiger partial charge in [0, 0.05) is 12.3 Å². The summed E-state index contributed by atoms with van der Waals surface area (Å²) in [4.78, 5) is 12.1. The van der Waals surface area contributed by atoms with Crippen LogP contribution in [0, 0.1) is 6.92 Å². The molecule has 0 saturated heterocycles. The van der Waals surface area contributed by atoms with Crippen molar-refractivity contribution in [3.8, 4) is 5.75 Å². The number of ether oxygens (including phenoxy) is 2. The molecule has 5 heteroatoms. The Hall–Kier alpha value is -2.53. The van der Waals surface area contributed by atoms with Crippen LogP contribution < -0.4 is 15.4 Å². The predicted molar refractivity (Wildman–Crippen MR) is 96.7 cm³/mol. The zero-order valence-electron chi connectivity index (χ0n) is 14.2. The van der Waals surface area contributed by atoms with E-state index in [-0.39, 0.29) is 12.5 Å². The molecular formula is C19H24N2O3. The Kier molecular flexibility index (Phi) is 7.11. The van der Waals surface area contributed by atoms with E-state index in [1.54, 1.807) is 0 Å². The third-order valence-corrected chi connectivity index (χ3v) is 3.32. The number of rotatable bonds is 9. The van der Waals surface area contributed by atoms with E-state index in [4.69, 9.17) is 9.47 Å². The SMILES string of the molecule is CCOCCOc1ccccc1NC(=O)CNc1cccc(C)c1. The molecule has 0 bridgehead atoms. The van der Waals surface area contributed by atoms with Gasteiger partial charge in [-0.1, -0.05) is 24.3 Å². The average Bonchev–Trinajstić information content (AvgIpc) is 2.58. The standard InChI is InChI=1S/C19H24N2O3/c1-3-23-11-12-24-18-10-5-4-9-17(18)21-19(22)14-20-16-8-6-7-15(2)13-16/h4-10,13,20H,3,11-12,14H2,1-2H3,(H,21,22). The van der Waals surface area contributed by atoms with Crippen LogP contribution in [0.4, 0.5) is 11.4 Å². The average molecular weight is 328 g/mol. The Labute approximate surface area is 143 Å². The van der Waals surface area contributed by atoms with Crippen molar-refractivity contribution >= 4 is 17.3 Å². The summed E-state index contributed by atoms with van der Waals surface area (Å²) in [5.74, 6) is 0.512. The second-order valence-corrected chi connectivity index (χ2v) is 5.31. The minimum atomic E-state index is -0.127. The fourth-order valence-corrected chi connectivity index (χ4v) is 2.18. The highest BCUT2D eigenvalue weighted by atomic mass is 16.5. The molecule has 5 nitrogen and oxygen atoms in total. The maximum atomic E-state index is 12.1. The Bertz CT molecular complexity index is 659. The van der Waals surface area contributed by atoms with Crippen LogP contribution in [0.2, 0.25) is 0 Å². The first-order valence-corrected chi connectivity index (χ1v) is 8.09. The summed E-state index contributed by atoms with van der Waals surface area (Å²) in [5, 5.41) is 5.98. The first-order chi connectivity index (χ1) is 11.7. The lowest BCUT2D eigenvalue weighted by Crippen LogP contribution is -2.22. The van der Waals surface area contributed by atoms with Gasteiger partial charge >= 0.3 is 0 Å². The van der Waals surface area contributed by atoms with Crippen LogP contribution in [0.15, 0.2) is 48.5 Å². The van der Waals surface area contributed by atoms with Gasteiger partial charge in [0.25, 0.3) is 0 Å².